The fourth-order valence-electron chi connectivity index (χ4n) is 6.05. The lowest BCUT2D eigenvalue weighted by Crippen LogP contribution is -2.02. The van der Waals surface area contributed by atoms with E-state index in [1.807, 2.05) is 60.7 Å². The second-order valence-corrected chi connectivity index (χ2v) is 13.5. The van der Waals surface area contributed by atoms with Crippen LogP contribution in [-0.4, -0.2) is 15.0 Å². The predicted molar refractivity (Wildman–Crippen MR) is 175 cm³/mol. The molecule has 0 atom stereocenters. The number of aromatic nitrogens is 3. The maximum absolute atomic E-state index is 4.96. The quantitative estimate of drug-likeness (QED) is 0.207. The van der Waals surface area contributed by atoms with Crippen molar-refractivity contribution in [3.05, 3.63) is 164 Å². The molecular weight excluding hydrogens is 543 g/mol. The minimum absolute atomic E-state index is 0.662. The summed E-state index contributed by atoms with van der Waals surface area (Å²) in [5.74, 6) is 1.99. The molecule has 0 radical (unpaired) electrons. The van der Waals surface area contributed by atoms with Crippen molar-refractivity contribution < 1.29 is 0 Å². The van der Waals surface area contributed by atoms with Crippen LogP contribution in [-0.2, 0) is 0 Å². The van der Waals surface area contributed by atoms with E-state index in [0.29, 0.717) is 17.5 Å². The van der Waals surface area contributed by atoms with Crippen LogP contribution in [0.3, 0.4) is 0 Å². The molecule has 7 aromatic rings. The molecule has 0 spiro atoms. The van der Waals surface area contributed by atoms with Crippen LogP contribution in [0.2, 0.25) is 0 Å². The second kappa shape index (κ2) is 10.5. The zero-order chi connectivity index (χ0) is 28.6. The summed E-state index contributed by atoms with van der Waals surface area (Å²) >= 11 is 0. The van der Waals surface area contributed by atoms with Gasteiger partial charge in [0.25, 0.3) is 0 Å². The third-order valence-corrected chi connectivity index (χ3v) is 12.0. The maximum atomic E-state index is 4.96. The van der Waals surface area contributed by atoms with Gasteiger partial charge in [0, 0.05) is 36.3 Å². The molecule has 2 heterocycles. The Kier molecular flexibility index (Phi) is 6.20. The van der Waals surface area contributed by atoms with Crippen LogP contribution in [0.4, 0.5) is 0 Å². The Hall–Kier alpha value is -5.32. The standard InChI is InChI=1S/C39H27N3S/c1-4-14-28(15-5-1)37-40-38(29-16-6-2-7-17-29)42-39(41-37)30-24-26-32(27-25-30)43(31-18-8-3-9-19-31)35-22-12-10-20-33(35)34-21-11-13-23-36(34)43/h1-27H. The van der Waals surface area contributed by atoms with E-state index in [1.165, 1.54) is 30.7 Å². The van der Waals surface area contributed by atoms with E-state index in [4.69, 9.17) is 15.0 Å². The summed E-state index contributed by atoms with van der Waals surface area (Å²) < 4.78 is 0. The van der Waals surface area contributed by atoms with E-state index in [0.717, 1.165) is 16.7 Å². The smallest absolute Gasteiger partial charge is 0.164 e. The molecule has 1 aliphatic rings. The van der Waals surface area contributed by atoms with E-state index in [2.05, 4.69) is 103 Å². The highest BCUT2D eigenvalue weighted by atomic mass is 32.3. The molecule has 1 aliphatic heterocycles. The van der Waals surface area contributed by atoms with Crippen LogP contribution >= 0.6 is 10.0 Å². The molecule has 0 fully saturated rings. The molecule has 0 saturated carbocycles. The molecule has 204 valence electrons. The molecule has 0 N–H and O–H groups in total. The molecule has 0 saturated heterocycles. The van der Waals surface area contributed by atoms with Gasteiger partial charge in [-0.2, -0.15) is 0 Å². The molecule has 8 rings (SSSR count). The van der Waals surface area contributed by atoms with Gasteiger partial charge in [0.15, 0.2) is 17.5 Å². The van der Waals surface area contributed by atoms with Crippen molar-refractivity contribution in [2.24, 2.45) is 0 Å². The first-order chi connectivity index (χ1) is 21.3. The zero-order valence-corrected chi connectivity index (χ0v) is 24.2. The summed E-state index contributed by atoms with van der Waals surface area (Å²) in [6.45, 7) is 0. The summed E-state index contributed by atoms with van der Waals surface area (Å²) in [6, 6.07) is 57.9. The lowest BCUT2D eigenvalue weighted by atomic mass is 10.1. The molecular formula is C39H27N3S. The van der Waals surface area contributed by atoms with E-state index in [1.54, 1.807) is 0 Å². The molecule has 43 heavy (non-hydrogen) atoms. The number of hydrogen-bond donors (Lipinski definition) is 0. The summed E-state index contributed by atoms with van der Waals surface area (Å²) in [7, 11) is -1.69. The van der Waals surface area contributed by atoms with E-state index >= 15 is 0 Å². The van der Waals surface area contributed by atoms with E-state index in [-0.39, 0.29) is 0 Å². The minimum atomic E-state index is -1.69. The number of nitrogens with zero attached hydrogens (tertiary/aromatic N) is 3. The summed E-state index contributed by atoms with van der Waals surface area (Å²) in [6.07, 6.45) is 0. The van der Waals surface area contributed by atoms with Gasteiger partial charge in [-0.15, -0.1) is 10.0 Å². The lowest BCUT2D eigenvalue weighted by molar-refractivity contribution is 1.07. The first kappa shape index (κ1) is 25.4. The molecule has 0 aliphatic carbocycles. The van der Waals surface area contributed by atoms with Gasteiger partial charge in [-0.3, -0.25) is 0 Å². The Morgan fingerprint density at radius 1 is 0.302 bits per heavy atom. The van der Waals surface area contributed by atoms with Gasteiger partial charge in [-0.05, 0) is 47.5 Å². The van der Waals surface area contributed by atoms with Gasteiger partial charge < -0.3 is 0 Å². The van der Waals surface area contributed by atoms with Crippen molar-refractivity contribution in [3.63, 3.8) is 0 Å². The Bertz CT molecular complexity index is 1960. The van der Waals surface area contributed by atoms with Crippen LogP contribution in [0.15, 0.2) is 183 Å². The minimum Gasteiger partial charge on any atom is -0.208 e. The van der Waals surface area contributed by atoms with Crippen molar-refractivity contribution in [2.75, 3.05) is 0 Å². The van der Waals surface area contributed by atoms with Crippen molar-refractivity contribution in [2.45, 2.75) is 19.6 Å². The van der Waals surface area contributed by atoms with Gasteiger partial charge in [0.2, 0.25) is 0 Å². The average Bonchev–Trinajstić information content (AvgIpc) is 3.40. The molecule has 0 unspecified atom stereocenters. The fraction of sp³-hybridized carbons (Fsp3) is 0. The number of rotatable bonds is 5. The third-order valence-electron chi connectivity index (χ3n) is 7.99. The van der Waals surface area contributed by atoms with E-state index in [9.17, 15) is 0 Å². The fourth-order valence-corrected chi connectivity index (χ4v) is 10.3. The first-order valence-electron chi connectivity index (χ1n) is 14.4. The van der Waals surface area contributed by atoms with E-state index < -0.39 is 10.0 Å². The molecule has 1 aromatic heterocycles. The topological polar surface area (TPSA) is 38.7 Å². The molecule has 0 amide bonds. The van der Waals surface area contributed by atoms with Crippen molar-refractivity contribution in [1.82, 2.24) is 15.0 Å². The molecule has 3 nitrogen and oxygen atoms in total. The Labute approximate surface area is 252 Å². The van der Waals surface area contributed by atoms with Crippen LogP contribution in [0.25, 0.3) is 45.3 Å². The monoisotopic (exact) mass is 569 g/mol. The van der Waals surface area contributed by atoms with Crippen molar-refractivity contribution in [1.29, 1.82) is 0 Å². The second-order valence-electron chi connectivity index (χ2n) is 10.5. The normalized spacial score (nSPS) is 13.6. The Morgan fingerprint density at radius 2 is 0.651 bits per heavy atom. The molecule has 0 bridgehead atoms. The maximum Gasteiger partial charge on any atom is 0.164 e. The van der Waals surface area contributed by atoms with Crippen LogP contribution < -0.4 is 0 Å². The highest BCUT2D eigenvalue weighted by molar-refractivity contribution is 8.34. The first-order valence-corrected chi connectivity index (χ1v) is 16.0. The Morgan fingerprint density at radius 3 is 1.12 bits per heavy atom. The van der Waals surface area contributed by atoms with Crippen LogP contribution in [0, 0.1) is 0 Å². The van der Waals surface area contributed by atoms with Gasteiger partial charge in [0.1, 0.15) is 0 Å². The van der Waals surface area contributed by atoms with Gasteiger partial charge in [0.05, 0.1) is 0 Å². The number of fused-ring (bicyclic) bond motifs is 3. The average molecular weight is 570 g/mol. The van der Waals surface area contributed by atoms with Crippen molar-refractivity contribution in [3.8, 4) is 45.3 Å². The van der Waals surface area contributed by atoms with Crippen LogP contribution in [0.1, 0.15) is 0 Å². The number of benzene rings is 6. The highest BCUT2D eigenvalue weighted by Crippen LogP contribution is 2.79. The Balaban J connectivity index is 1.31. The summed E-state index contributed by atoms with van der Waals surface area (Å²) in [4.78, 5) is 20.2. The predicted octanol–water partition coefficient (Wildman–Crippen LogP) is 10.2. The largest absolute Gasteiger partial charge is 0.208 e. The molecule has 4 heteroatoms. The number of hydrogen-bond acceptors (Lipinski definition) is 3. The third kappa shape index (κ3) is 4.18. The zero-order valence-electron chi connectivity index (χ0n) is 23.3. The highest BCUT2D eigenvalue weighted by Gasteiger charge is 2.41. The molecule has 6 aromatic carbocycles. The lowest BCUT2D eigenvalue weighted by Gasteiger charge is -2.39. The van der Waals surface area contributed by atoms with Gasteiger partial charge in [-0.1, -0.05) is 127 Å². The van der Waals surface area contributed by atoms with Crippen LogP contribution in [0.5, 0.6) is 0 Å². The van der Waals surface area contributed by atoms with Gasteiger partial charge >= 0.3 is 0 Å². The SMILES string of the molecule is c1ccc(-c2nc(-c3ccccc3)nc(-c3ccc(S4(c5ccccc5)c5ccccc5-c5ccccc54)cc3)n2)cc1. The summed E-state index contributed by atoms with van der Waals surface area (Å²) in [5, 5.41) is 0. The van der Waals surface area contributed by atoms with Crippen molar-refractivity contribution >= 4 is 10.0 Å². The van der Waals surface area contributed by atoms with Gasteiger partial charge in [-0.25, -0.2) is 15.0 Å². The summed E-state index contributed by atoms with van der Waals surface area (Å²) in [5.41, 5.74) is 5.53.